The Balaban J connectivity index is 2.38. The van der Waals surface area contributed by atoms with Gasteiger partial charge in [-0.3, -0.25) is 4.79 Å². The van der Waals surface area contributed by atoms with Gasteiger partial charge >= 0.3 is 6.18 Å². The Labute approximate surface area is 129 Å². The van der Waals surface area contributed by atoms with Crippen LogP contribution < -0.4 is 10.1 Å². The molecule has 1 amide bonds. The second-order valence-corrected chi connectivity index (χ2v) is 5.27. The molecule has 1 N–H and O–H groups in total. The number of nitrogens with one attached hydrogen (secondary N) is 1. The molecule has 0 aromatic carbocycles. The number of amides is 1. The highest BCUT2D eigenvalue weighted by atomic mass is 35.5. The summed E-state index contributed by atoms with van der Waals surface area (Å²) in [4.78, 5) is 14.7. The minimum Gasteiger partial charge on any atom is -0.477 e. The predicted octanol–water partition coefficient (Wildman–Crippen LogP) is 3.00. The minimum absolute atomic E-state index is 0.0555. The Bertz CT molecular complexity index is 486. The van der Waals surface area contributed by atoms with Crippen molar-refractivity contribution < 1.29 is 22.7 Å². The van der Waals surface area contributed by atoms with Crippen LogP contribution in [0.2, 0.25) is 5.02 Å². The molecule has 0 aliphatic heterocycles. The van der Waals surface area contributed by atoms with Gasteiger partial charge in [0.2, 0.25) is 11.8 Å². The highest BCUT2D eigenvalue weighted by Crippen LogP contribution is 2.33. The highest BCUT2D eigenvalue weighted by molar-refractivity contribution is 7.99. The minimum atomic E-state index is -4.49. The van der Waals surface area contributed by atoms with Crippen molar-refractivity contribution in [1.29, 1.82) is 0 Å². The molecule has 0 aliphatic rings. The van der Waals surface area contributed by atoms with Crippen LogP contribution in [-0.2, 0) is 11.0 Å². The van der Waals surface area contributed by atoms with Gasteiger partial charge in [0.1, 0.15) is 5.02 Å². The molecule has 9 heteroatoms. The van der Waals surface area contributed by atoms with Crippen LogP contribution >= 0.6 is 23.4 Å². The smallest absolute Gasteiger partial charge is 0.417 e. The number of hydrogen-bond acceptors (Lipinski definition) is 4. The molecule has 0 saturated heterocycles. The Morgan fingerprint density at radius 3 is 2.81 bits per heavy atom. The first kappa shape index (κ1) is 17.9. The number of halogens is 4. The number of alkyl halides is 3. The lowest BCUT2D eigenvalue weighted by atomic mass is 10.3. The van der Waals surface area contributed by atoms with E-state index in [0.717, 1.165) is 6.07 Å². The fourth-order valence-corrected chi connectivity index (χ4v) is 1.92. The van der Waals surface area contributed by atoms with Gasteiger partial charge in [0, 0.05) is 12.7 Å². The van der Waals surface area contributed by atoms with E-state index < -0.39 is 11.7 Å². The van der Waals surface area contributed by atoms with E-state index in [0.29, 0.717) is 24.9 Å². The summed E-state index contributed by atoms with van der Waals surface area (Å²) in [6.07, 6.45) is -1.50. The molecule has 1 aromatic heterocycles. The standard InChI is InChI=1S/C12H14ClF3N2O2S/c1-21-7-10(19)17-3-2-4-20-11-9(13)5-8(6-18-11)12(14,15)16/h5-6H,2-4,7H2,1H3,(H,17,19). The summed E-state index contributed by atoms with van der Waals surface area (Å²) in [7, 11) is 0. The first-order chi connectivity index (χ1) is 9.84. The predicted molar refractivity (Wildman–Crippen MR) is 75.8 cm³/mol. The monoisotopic (exact) mass is 342 g/mol. The van der Waals surface area contributed by atoms with Crippen LogP contribution in [0.5, 0.6) is 5.88 Å². The zero-order valence-corrected chi connectivity index (χ0v) is 12.7. The fraction of sp³-hybridized carbons (Fsp3) is 0.500. The fourth-order valence-electron chi connectivity index (χ4n) is 1.34. The van der Waals surface area contributed by atoms with Crippen molar-refractivity contribution in [2.24, 2.45) is 0 Å². The van der Waals surface area contributed by atoms with Gasteiger partial charge in [-0.1, -0.05) is 11.6 Å². The summed E-state index contributed by atoms with van der Waals surface area (Å²) >= 11 is 7.09. The zero-order chi connectivity index (χ0) is 15.9. The quantitative estimate of drug-likeness (QED) is 0.774. The van der Waals surface area contributed by atoms with E-state index in [-0.39, 0.29) is 23.4 Å². The Morgan fingerprint density at radius 1 is 1.52 bits per heavy atom. The average Bonchev–Trinajstić information content (AvgIpc) is 2.39. The van der Waals surface area contributed by atoms with Gasteiger partial charge in [-0.2, -0.15) is 24.9 Å². The van der Waals surface area contributed by atoms with Gasteiger partial charge in [0.15, 0.2) is 0 Å². The summed E-state index contributed by atoms with van der Waals surface area (Å²) < 4.78 is 42.4. The lowest BCUT2D eigenvalue weighted by Crippen LogP contribution is -2.27. The van der Waals surface area contributed by atoms with Crippen molar-refractivity contribution in [3.8, 4) is 5.88 Å². The van der Waals surface area contributed by atoms with Crippen LogP contribution in [0.25, 0.3) is 0 Å². The van der Waals surface area contributed by atoms with Gasteiger partial charge in [-0.15, -0.1) is 0 Å². The molecule has 0 radical (unpaired) electrons. The van der Waals surface area contributed by atoms with Crippen LogP contribution in [0.15, 0.2) is 12.3 Å². The molecule has 0 bridgehead atoms. The Morgan fingerprint density at radius 2 is 2.24 bits per heavy atom. The maximum atomic E-state index is 12.4. The molecule has 0 aliphatic carbocycles. The van der Waals surface area contributed by atoms with Crippen LogP contribution in [-0.4, -0.2) is 36.1 Å². The number of nitrogens with zero attached hydrogens (tertiary/aromatic N) is 1. The SMILES string of the molecule is CSCC(=O)NCCCOc1ncc(C(F)(F)F)cc1Cl. The molecular weight excluding hydrogens is 329 g/mol. The van der Waals surface area contributed by atoms with Gasteiger partial charge < -0.3 is 10.1 Å². The van der Waals surface area contributed by atoms with E-state index >= 15 is 0 Å². The lowest BCUT2D eigenvalue weighted by molar-refractivity contribution is -0.137. The van der Waals surface area contributed by atoms with Crippen LogP contribution in [0, 0.1) is 0 Å². The summed E-state index contributed by atoms with van der Waals surface area (Å²) in [5.41, 5.74) is -0.927. The Kier molecular flexibility index (Phi) is 7.10. The molecule has 1 rings (SSSR count). The lowest BCUT2D eigenvalue weighted by Gasteiger charge is -2.10. The van der Waals surface area contributed by atoms with Crippen molar-refractivity contribution in [3.05, 3.63) is 22.8 Å². The third-order valence-corrected chi connectivity index (χ3v) is 3.11. The molecular formula is C12H14ClF3N2O2S. The van der Waals surface area contributed by atoms with Gasteiger partial charge in [0.25, 0.3) is 0 Å². The van der Waals surface area contributed by atoms with Crippen molar-refractivity contribution in [3.63, 3.8) is 0 Å². The molecule has 0 atom stereocenters. The second-order valence-electron chi connectivity index (χ2n) is 3.99. The highest BCUT2D eigenvalue weighted by Gasteiger charge is 2.31. The average molecular weight is 343 g/mol. The van der Waals surface area contributed by atoms with Gasteiger partial charge in [-0.05, 0) is 18.7 Å². The number of pyridine rings is 1. The maximum absolute atomic E-state index is 12.4. The third-order valence-electron chi connectivity index (χ3n) is 2.29. The van der Waals surface area contributed by atoms with Crippen molar-refractivity contribution in [2.45, 2.75) is 12.6 Å². The number of rotatable bonds is 7. The maximum Gasteiger partial charge on any atom is 0.417 e. The van der Waals surface area contributed by atoms with E-state index in [4.69, 9.17) is 16.3 Å². The first-order valence-electron chi connectivity index (χ1n) is 5.95. The largest absolute Gasteiger partial charge is 0.477 e. The van der Waals surface area contributed by atoms with Crippen molar-refractivity contribution in [1.82, 2.24) is 10.3 Å². The topological polar surface area (TPSA) is 51.2 Å². The summed E-state index contributed by atoms with van der Waals surface area (Å²) in [5, 5.41) is 2.47. The van der Waals surface area contributed by atoms with Gasteiger partial charge in [0.05, 0.1) is 17.9 Å². The van der Waals surface area contributed by atoms with E-state index in [1.54, 1.807) is 0 Å². The number of hydrogen-bond donors (Lipinski definition) is 1. The van der Waals surface area contributed by atoms with Gasteiger partial charge in [-0.25, -0.2) is 4.98 Å². The number of thioether (sulfide) groups is 1. The number of ether oxygens (including phenoxy) is 1. The van der Waals surface area contributed by atoms with Crippen molar-refractivity contribution in [2.75, 3.05) is 25.2 Å². The van der Waals surface area contributed by atoms with E-state index in [1.807, 2.05) is 6.26 Å². The summed E-state index contributed by atoms with van der Waals surface area (Å²) in [6, 6.07) is 0.768. The van der Waals surface area contributed by atoms with Crippen molar-refractivity contribution >= 4 is 29.3 Å². The number of carbonyl (C=O) groups is 1. The normalized spacial score (nSPS) is 11.3. The van der Waals surface area contributed by atoms with Crippen LogP contribution in [0.3, 0.4) is 0 Å². The van der Waals surface area contributed by atoms with E-state index in [2.05, 4.69) is 10.3 Å². The molecule has 0 fully saturated rings. The molecule has 0 unspecified atom stereocenters. The molecule has 1 heterocycles. The van der Waals surface area contributed by atoms with E-state index in [9.17, 15) is 18.0 Å². The Hall–Kier alpha value is -1.15. The summed E-state index contributed by atoms with van der Waals surface area (Å²) in [6.45, 7) is 0.606. The van der Waals surface area contributed by atoms with Crippen LogP contribution in [0.4, 0.5) is 13.2 Å². The van der Waals surface area contributed by atoms with Crippen LogP contribution in [0.1, 0.15) is 12.0 Å². The second kappa shape index (κ2) is 8.33. The first-order valence-corrected chi connectivity index (χ1v) is 7.73. The molecule has 118 valence electrons. The molecule has 0 saturated carbocycles. The number of aromatic nitrogens is 1. The number of carbonyl (C=O) groups excluding carboxylic acids is 1. The van der Waals surface area contributed by atoms with E-state index in [1.165, 1.54) is 11.8 Å². The summed E-state index contributed by atoms with van der Waals surface area (Å²) in [5.74, 6) is 0.251. The molecule has 1 aromatic rings. The zero-order valence-electron chi connectivity index (χ0n) is 11.2. The molecule has 4 nitrogen and oxygen atoms in total. The third kappa shape index (κ3) is 6.43. The molecule has 21 heavy (non-hydrogen) atoms. The molecule has 0 spiro atoms.